The van der Waals surface area contributed by atoms with E-state index in [0.29, 0.717) is 12.1 Å². The number of anilines is 1. The van der Waals surface area contributed by atoms with Crippen molar-refractivity contribution in [1.29, 1.82) is 0 Å². The summed E-state index contributed by atoms with van der Waals surface area (Å²) in [6.07, 6.45) is 5.28. The molecule has 0 bridgehead atoms. The van der Waals surface area contributed by atoms with Crippen molar-refractivity contribution in [3.63, 3.8) is 0 Å². The number of aromatic nitrogens is 1. The van der Waals surface area contributed by atoms with Crippen LogP contribution in [-0.4, -0.2) is 36.8 Å². The van der Waals surface area contributed by atoms with Crippen molar-refractivity contribution >= 4 is 5.69 Å². The normalized spacial score (nSPS) is 20.0. The Kier molecular flexibility index (Phi) is 5.16. The van der Waals surface area contributed by atoms with Crippen LogP contribution in [0.4, 0.5) is 5.69 Å². The van der Waals surface area contributed by atoms with Gasteiger partial charge in [0.25, 0.3) is 0 Å². The molecule has 1 aliphatic heterocycles. The molecule has 1 aliphatic rings. The molecular weight excluding hydrogens is 238 g/mol. The van der Waals surface area contributed by atoms with Crippen LogP contribution in [-0.2, 0) is 11.3 Å². The van der Waals surface area contributed by atoms with Crippen molar-refractivity contribution < 1.29 is 4.74 Å². The number of ether oxygens (including phenoxy) is 1. The van der Waals surface area contributed by atoms with E-state index in [1.807, 2.05) is 12.4 Å². The third-order valence-electron chi connectivity index (χ3n) is 3.51. The summed E-state index contributed by atoms with van der Waals surface area (Å²) >= 11 is 0. The summed E-state index contributed by atoms with van der Waals surface area (Å²) in [6, 6.07) is 2.61. The molecule has 0 spiro atoms. The molecule has 19 heavy (non-hydrogen) atoms. The van der Waals surface area contributed by atoms with Gasteiger partial charge in [0.2, 0.25) is 0 Å². The number of pyridine rings is 1. The van der Waals surface area contributed by atoms with E-state index in [4.69, 9.17) is 4.74 Å². The topological polar surface area (TPSA) is 37.4 Å². The lowest BCUT2D eigenvalue weighted by Gasteiger charge is -2.35. The molecular formula is C15H25N3O. The summed E-state index contributed by atoms with van der Waals surface area (Å²) in [6.45, 7) is 10.1. The second kappa shape index (κ2) is 6.87. The maximum Gasteiger partial charge on any atom is 0.0748 e. The Hall–Kier alpha value is -1.13. The van der Waals surface area contributed by atoms with Crippen molar-refractivity contribution in [2.24, 2.45) is 0 Å². The highest BCUT2D eigenvalue weighted by Crippen LogP contribution is 2.22. The first kappa shape index (κ1) is 14.3. The number of rotatable bonds is 5. The van der Waals surface area contributed by atoms with E-state index >= 15 is 0 Å². The van der Waals surface area contributed by atoms with Crippen LogP contribution in [0.1, 0.15) is 32.8 Å². The van der Waals surface area contributed by atoms with Crippen LogP contribution in [0.5, 0.6) is 0 Å². The fourth-order valence-corrected chi connectivity index (χ4v) is 2.36. The number of nitrogens with zero attached hydrogens (tertiary/aromatic N) is 2. The lowest BCUT2D eigenvalue weighted by molar-refractivity contribution is 0.0384. The zero-order valence-corrected chi connectivity index (χ0v) is 12.2. The lowest BCUT2D eigenvalue weighted by Crippen LogP contribution is -2.42. The molecule has 4 heteroatoms. The first-order chi connectivity index (χ1) is 9.20. The van der Waals surface area contributed by atoms with Gasteiger partial charge in [-0.05, 0) is 12.5 Å². The Balaban J connectivity index is 2.09. The molecule has 0 aliphatic carbocycles. The van der Waals surface area contributed by atoms with Gasteiger partial charge in [-0.2, -0.15) is 0 Å². The fourth-order valence-electron chi connectivity index (χ4n) is 2.36. The monoisotopic (exact) mass is 263 g/mol. The van der Waals surface area contributed by atoms with Crippen molar-refractivity contribution in [2.45, 2.75) is 45.9 Å². The molecule has 1 N–H and O–H groups in total. The van der Waals surface area contributed by atoms with Gasteiger partial charge in [0.15, 0.2) is 0 Å². The third kappa shape index (κ3) is 3.91. The Labute approximate surface area is 116 Å². The minimum atomic E-state index is 0.354. The highest BCUT2D eigenvalue weighted by molar-refractivity contribution is 5.52. The highest BCUT2D eigenvalue weighted by atomic mass is 16.5. The molecule has 0 saturated carbocycles. The molecule has 106 valence electrons. The Bertz CT molecular complexity index is 395. The number of morpholine rings is 1. The van der Waals surface area contributed by atoms with Gasteiger partial charge in [0, 0.05) is 49.3 Å². The number of hydrogen-bond acceptors (Lipinski definition) is 4. The number of nitrogens with one attached hydrogen (secondary N) is 1. The summed E-state index contributed by atoms with van der Waals surface area (Å²) < 4.78 is 5.74. The first-order valence-corrected chi connectivity index (χ1v) is 7.23. The summed E-state index contributed by atoms with van der Waals surface area (Å²) in [7, 11) is 0. The van der Waals surface area contributed by atoms with Crippen LogP contribution in [0.3, 0.4) is 0 Å². The fraction of sp³-hybridized carbons (Fsp3) is 0.667. The molecule has 0 amide bonds. The van der Waals surface area contributed by atoms with E-state index in [9.17, 15) is 0 Å². The van der Waals surface area contributed by atoms with Crippen molar-refractivity contribution in [1.82, 2.24) is 10.3 Å². The van der Waals surface area contributed by atoms with Crippen LogP contribution >= 0.6 is 0 Å². The van der Waals surface area contributed by atoms with E-state index < -0.39 is 0 Å². The molecule has 2 rings (SSSR count). The van der Waals surface area contributed by atoms with Gasteiger partial charge in [-0.15, -0.1) is 0 Å². The average molecular weight is 263 g/mol. The van der Waals surface area contributed by atoms with Crippen molar-refractivity contribution in [3.8, 4) is 0 Å². The second-order valence-corrected chi connectivity index (χ2v) is 5.39. The van der Waals surface area contributed by atoms with Crippen molar-refractivity contribution in [3.05, 3.63) is 24.0 Å². The van der Waals surface area contributed by atoms with E-state index in [0.717, 1.165) is 32.7 Å². The predicted molar refractivity (Wildman–Crippen MR) is 78.5 cm³/mol. The molecule has 1 aromatic heterocycles. The lowest BCUT2D eigenvalue weighted by atomic mass is 10.1. The second-order valence-electron chi connectivity index (χ2n) is 5.39. The SMILES string of the molecule is CCC1CN(c2ccncc2CNC(C)C)CCO1. The molecule has 1 fully saturated rings. The minimum absolute atomic E-state index is 0.354. The largest absolute Gasteiger partial charge is 0.375 e. The van der Waals surface area contributed by atoms with E-state index in [-0.39, 0.29) is 0 Å². The van der Waals surface area contributed by atoms with Crippen LogP contribution in [0, 0.1) is 0 Å². The van der Waals surface area contributed by atoms with E-state index in [1.54, 1.807) is 0 Å². The van der Waals surface area contributed by atoms with Gasteiger partial charge in [-0.25, -0.2) is 0 Å². The quantitative estimate of drug-likeness (QED) is 0.883. The van der Waals surface area contributed by atoms with Gasteiger partial charge < -0.3 is 15.0 Å². The van der Waals surface area contributed by atoms with Crippen LogP contribution < -0.4 is 10.2 Å². The standard InChI is InChI=1S/C15H25N3O/c1-4-14-11-18(7-8-19-14)15-5-6-16-9-13(15)10-17-12(2)3/h5-6,9,12,14,17H,4,7-8,10-11H2,1-3H3. The number of hydrogen-bond donors (Lipinski definition) is 1. The van der Waals surface area contributed by atoms with Crippen LogP contribution in [0.2, 0.25) is 0 Å². The highest BCUT2D eigenvalue weighted by Gasteiger charge is 2.20. The summed E-state index contributed by atoms with van der Waals surface area (Å²) in [5.41, 5.74) is 2.57. The van der Waals surface area contributed by atoms with Crippen molar-refractivity contribution in [2.75, 3.05) is 24.6 Å². The van der Waals surface area contributed by atoms with Gasteiger partial charge >= 0.3 is 0 Å². The van der Waals surface area contributed by atoms with Gasteiger partial charge in [-0.3, -0.25) is 4.98 Å². The third-order valence-corrected chi connectivity index (χ3v) is 3.51. The molecule has 0 aromatic carbocycles. The maximum absolute atomic E-state index is 5.74. The molecule has 1 unspecified atom stereocenters. The van der Waals surface area contributed by atoms with Gasteiger partial charge in [0.05, 0.1) is 12.7 Å². The smallest absolute Gasteiger partial charge is 0.0748 e. The Morgan fingerprint density at radius 1 is 1.53 bits per heavy atom. The van der Waals surface area contributed by atoms with Crippen LogP contribution in [0.25, 0.3) is 0 Å². The van der Waals surface area contributed by atoms with E-state index in [2.05, 4.69) is 42.0 Å². The minimum Gasteiger partial charge on any atom is -0.375 e. The molecule has 1 saturated heterocycles. The predicted octanol–water partition coefficient (Wildman–Crippen LogP) is 2.19. The summed E-state index contributed by atoms with van der Waals surface area (Å²) in [4.78, 5) is 6.69. The summed E-state index contributed by atoms with van der Waals surface area (Å²) in [5.74, 6) is 0. The van der Waals surface area contributed by atoms with E-state index in [1.165, 1.54) is 11.3 Å². The Morgan fingerprint density at radius 2 is 2.37 bits per heavy atom. The molecule has 1 aromatic rings. The molecule has 2 heterocycles. The first-order valence-electron chi connectivity index (χ1n) is 7.23. The van der Waals surface area contributed by atoms with Gasteiger partial charge in [0.1, 0.15) is 0 Å². The molecule has 4 nitrogen and oxygen atoms in total. The maximum atomic E-state index is 5.74. The average Bonchev–Trinajstić information content (AvgIpc) is 2.45. The summed E-state index contributed by atoms with van der Waals surface area (Å²) in [5, 5.41) is 3.47. The molecule has 0 radical (unpaired) electrons. The zero-order chi connectivity index (χ0) is 13.7. The van der Waals surface area contributed by atoms with Gasteiger partial charge in [-0.1, -0.05) is 20.8 Å². The molecule has 1 atom stereocenters. The Morgan fingerprint density at radius 3 is 3.11 bits per heavy atom. The zero-order valence-electron chi connectivity index (χ0n) is 12.2. The van der Waals surface area contributed by atoms with Crippen LogP contribution in [0.15, 0.2) is 18.5 Å².